The Morgan fingerprint density at radius 3 is 2.56 bits per heavy atom. The van der Waals surface area contributed by atoms with Crippen LogP contribution in [0.15, 0.2) is 24.3 Å². The quantitative estimate of drug-likeness (QED) is 0.631. The molecule has 0 saturated heterocycles. The Morgan fingerprint density at radius 1 is 1.33 bits per heavy atom. The minimum absolute atomic E-state index is 0.0408. The zero-order chi connectivity index (χ0) is 13.6. The van der Waals surface area contributed by atoms with Crippen molar-refractivity contribution in [3.63, 3.8) is 0 Å². The van der Waals surface area contributed by atoms with Crippen LogP contribution in [0.1, 0.15) is 32.3 Å². The molecule has 1 unspecified atom stereocenters. The van der Waals surface area contributed by atoms with E-state index in [9.17, 15) is 0 Å². The third-order valence-corrected chi connectivity index (χ3v) is 4.68. The van der Waals surface area contributed by atoms with E-state index in [1.807, 2.05) is 18.2 Å². The van der Waals surface area contributed by atoms with E-state index in [0.717, 1.165) is 29.6 Å². The van der Waals surface area contributed by atoms with Gasteiger partial charge in [0.15, 0.2) is 0 Å². The monoisotopic (exact) mass is 332 g/mol. The Hall–Kier alpha value is -0.0500. The van der Waals surface area contributed by atoms with E-state index in [4.69, 9.17) is 16.3 Å². The smallest absolute Gasteiger partial charge is 0.0622 e. The highest BCUT2D eigenvalue weighted by Crippen LogP contribution is 2.25. The maximum absolute atomic E-state index is 6.20. The van der Waals surface area contributed by atoms with E-state index in [2.05, 4.69) is 35.8 Å². The average Bonchev–Trinajstić information content (AvgIpc) is 2.36. The summed E-state index contributed by atoms with van der Waals surface area (Å²) in [5.74, 6) is 0.597. The molecule has 1 aromatic rings. The van der Waals surface area contributed by atoms with Crippen molar-refractivity contribution in [1.29, 1.82) is 0 Å². The van der Waals surface area contributed by atoms with E-state index in [-0.39, 0.29) is 5.60 Å². The van der Waals surface area contributed by atoms with Crippen LogP contribution in [-0.2, 0) is 11.2 Å². The molecule has 18 heavy (non-hydrogen) atoms. The fraction of sp³-hybridized carbons (Fsp3) is 0.600. The van der Waals surface area contributed by atoms with Crippen molar-refractivity contribution in [2.75, 3.05) is 12.4 Å². The molecular formula is C15H22BrClO. The van der Waals surface area contributed by atoms with Crippen molar-refractivity contribution in [1.82, 2.24) is 0 Å². The SMILES string of the molecule is COC(C)(C)CCC(CBr)Cc1ccccc1Cl. The third kappa shape index (κ3) is 5.29. The summed E-state index contributed by atoms with van der Waals surface area (Å²) in [6.07, 6.45) is 3.21. The van der Waals surface area contributed by atoms with Crippen LogP contribution in [-0.4, -0.2) is 18.0 Å². The molecule has 3 heteroatoms. The highest BCUT2D eigenvalue weighted by atomic mass is 79.9. The molecule has 0 saturated carbocycles. The van der Waals surface area contributed by atoms with E-state index in [0.29, 0.717) is 5.92 Å². The van der Waals surface area contributed by atoms with Gasteiger partial charge in [-0.05, 0) is 50.7 Å². The molecule has 0 spiro atoms. The van der Waals surface area contributed by atoms with Crippen molar-refractivity contribution >= 4 is 27.5 Å². The Bertz CT molecular complexity index is 365. The predicted molar refractivity (Wildman–Crippen MR) is 82.8 cm³/mol. The van der Waals surface area contributed by atoms with Gasteiger partial charge in [-0.1, -0.05) is 45.7 Å². The third-order valence-electron chi connectivity index (χ3n) is 3.39. The number of hydrogen-bond acceptors (Lipinski definition) is 1. The highest BCUT2D eigenvalue weighted by Gasteiger charge is 2.19. The molecule has 0 aliphatic carbocycles. The van der Waals surface area contributed by atoms with E-state index in [1.165, 1.54) is 5.56 Å². The summed E-state index contributed by atoms with van der Waals surface area (Å²) in [6, 6.07) is 8.09. The van der Waals surface area contributed by atoms with Gasteiger partial charge in [-0.15, -0.1) is 0 Å². The molecule has 0 fully saturated rings. The van der Waals surface area contributed by atoms with Crippen molar-refractivity contribution in [3.8, 4) is 0 Å². The second kappa shape index (κ2) is 7.52. The molecule has 0 aliphatic rings. The summed E-state index contributed by atoms with van der Waals surface area (Å²) in [7, 11) is 1.78. The second-order valence-corrected chi connectivity index (χ2v) is 6.37. The first-order chi connectivity index (χ1) is 8.48. The maximum atomic E-state index is 6.20. The van der Waals surface area contributed by atoms with Gasteiger partial charge in [0.2, 0.25) is 0 Å². The van der Waals surface area contributed by atoms with Crippen molar-refractivity contribution in [2.24, 2.45) is 5.92 Å². The summed E-state index contributed by atoms with van der Waals surface area (Å²) in [6.45, 7) is 4.27. The molecule has 1 nitrogen and oxygen atoms in total. The molecule has 0 radical (unpaired) electrons. The van der Waals surface area contributed by atoms with Crippen molar-refractivity contribution in [2.45, 2.75) is 38.7 Å². The molecule has 0 heterocycles. The molecular weight excluding hydrogens is 312 g/mol. The zero-order valence-electron chi connectivity index (χ0n) is 11.4. The van der Waals surface area contributed by atoms with Gasteiger partial charge in [0.05, 0.1) is 5.60 Å². The number of rotatable bonds is 7. The van der Waals surface area contributed by atoms with Crippen LogP contribution in [0.3, 0.4) is 0 Å². The van der Waals surface area contributed by atoms with E-state index in [1.54, 1.807) is 7.11 Å². The normalized spacial score (nSPS) is 13.6. The lowest BCUT2D eigenvalue weighted by Gasteiger charge is -2.25. The summed E-state index contributed by atoms with van der Waals surface area (Å²) in [5.41, 5.74) is 1.19. The fourth-order valence-electron chi connectivity index (χ4n) is 1.86. The van der Waals surface area contributed by atoms with Gasteiger partial charge >= 0.3 is 0 Å². The number of methoxy groups -OCH3 is 1. The minimum Gasteiger partial charge on any atom is -0.379 e. The van der Waals surface area contributed by atoms with Gasteiger partial charge in [0, 0.05) is 17.5 Å². The minimum atomic E-state index is -0.0408. The lowest BCUT2D eigenvalue weighted by molar-refractivity contribution is 0.0110. The molecule has 1 rings (SSSR count). The first-order valence-electron chi connectivity index (χ1n) is 6.33. The van der Waals surface area contributed by atoms with Gasteiger partial charge in [-0.25, -0.2) is 0 Å². The molecule has 0 N–H and O–H groups in total. The Morgan fingerprint density at radius 2 is 2.00 bits per heavy atom. The van der Waals surface area contributed by atoms with Gasteiger partial charge < -0.3 is 4.74 Å². The molecule has 0 aromatic heterocycles. The maximum Gasteiger partial charge on any atom is 0.0622 e. The summed E-state index contributed by atoms with van der Waals surface area (Å²) in [5, 5.41) is 1.87. The number of ether oxygens (including phenoxy) is 1. The van der Waals surface area contributed by atoms with E-state index >= 15 is 0 Å². The lowest BCUT2D eigenvalue weighted by Crippen LogP contribution is -2.24. The van der Waals surface area contributed by atoms with Gasteiger partial charge in [-0.2, -0.15) is 0 Å². The predicted octanol–water partition coefficient (Wildman–Crippen LogP) is 5.10. The number of halogens is 2. The summed E-state index contributed by atoms with van der Waals surface area (Å²) < 4.78 is 5.47. The topological polar surface area (TPSA) is 9.23 Å². The highest BCUT2D eigenvalue weighted by molar-refractivity contribution is 9.09. The molecule has 0 bridgehead atoms. The standard InChI is InChI=1S/C15H22BrClO/c1-15(2,18-3)9-8-12(11-16)10-13-6-4-5-7-14(13)17/h4-7,12H,8-11H2,1-3H3. The van der Waals surface area contributed by atoms with Gasteiger partial charge in [0.1, 0.15) is 0 Å². The number of benzene rings is 1. The fourth-order valence-corrected chi connectivity index (χ4v) is 2.63. The van der Waals surface area contributed by atoms with Crippen LogP contribution >= 0.6 is 27.5 Å². The van der Waals surface area contributed by atoms with E-state index < -0.39 is 0 Å². The van der Waals surface area contributed by atoms with Gasteiger partial charge in [-0.3, -0.25) is 0 Å². The van der Waals surface area contributed by atoms with Crippen LogP contribution in [0, 0.1) is 5.92 Å². The molecule has 102 valence electrons. The second-order valence-electron chi connectivity index (χ2n) is 5.32. The number of alkyl halides is 1. The first-order valence-corrected chi connectivity index (χ1v) is 7.83. The molecule has 1 aromatic carbocycles. The zero-order valence-corrected chi connectivity index (χ0v) is 13.7. The van der Waals surface area contributed by atoms with Crippen LogP contribution in [0.2, 0.25) is 5.02 Å². The summed E-state index contributed by atoms with van der Waals surface area (Å²) in [4.78, 5) is 0. The van der Waals surface area contributed by atoms with Crippen LogP contribution in [0.4, 0.5) is 0 Å². The van der Waals surface area contributed by atoms with Crippen LogP contribution < -0.4 is 0 Å². The summed E-state index contributed by atoms with van der Waals surface area (Å²) >= 11 is 9.81. The first kappa shape index (κ1) is 16.0. The number of hydrogen-bond donors (Lipinski definition) is 0. The van der Waals surface area contributed by atoms with Crippen molar-refractivity contribution < 1.29 is 4.74 Å². The average molecular weight is 334 g/mol. The lowest BCUT2D eigenvalue weighted by atomic mass is 9.91. The van der Waals surface area contributed by atoms with Gasteiger partial charge in [0.25, 0.3) is 0 Å². The van der Waals surface area contributed by atoms with Crippen LogP contribution in [0.25, 0.3) is 0 Å². The molecule has 1 atom stereocenters. The van der Waals surface area contributed by atoms with Crippen molar-refractivity contribution in [3.05, 3.63) is 34.9 Å². The Labute approximate surface area is 124 Å². The molecule has 0 aliphatic heterocycles. The largest absolute Gasteiger partial charge is 0.379 e. The Balaban J connectivity index is 2.55. The Kier molecular flexibility index (Phi) is 6.68. The van der Waals surface area contributed by atoms with Crippen LogP contribution in [0.5, 0.6) is 0 Å². The molecule has 0 amide bonds.